The predicted octanol–water partition coefficient (Wildman–Crippen LogP) is 3.01. The molecule has 0 radical (unpaired) electrons. The number of benzene rings is 1. The van der Waals surface area contributed by atoms with E-state index in [-0.39, 0.29) is 5.56 Å². The van der Waals surface area contributed by atoms with E-state index in [1.165, 1.54) is 23.1 Å². The number of carboxylic acids is 1. The molecule has 0 bridgehead atoms. The number of rotatable bonds is 5. The standard InChI is InChI=1S/C7H11NO2.C7H6O2S/c1-3-5-8(6-4-2)7(9)10;8-7(9)5-3-1-2-4-6(5)10/h3-4H,1-2,5-6H2,(H,9,10);1-4,10H,(H,8,9). The number of hydrogen-bond acceptors (Lipinski definition) is 3. The zero-order chi connectivity index (χ0) is 15.5. The van der Waals surface area contributed by atoms with Crippen LogP contribution < -0.4 is 0 Å². The van der Waals surface area contributed by atoms with E-state index in [0.29, 0.717) is 18.0 Å². The summed E-state index contributed by atoms with van der Waals surface area (Å²) in [7, 11) is 0. The lowest BCUT2D eigenvalue weighted by molar-refractivity contribution is 0.0693. The Hall–Kier alpha value is -2.21. The third kappa shape index (κ3) is 6.65. The molecule has 0 saturated carbocycles. The second-order valence-corrected chi connectivity index (χ2v) is 4.07. The summed E-state index contributed by atoms with van der Waals surface area (Å²) in [4.78, 5) is 22.4. The minimum Gasteiger partial charge on any atom is -0.478 e. The van der Waals surface area contributed by atoms with Crippen LogP contribution in [0.1, 0.15) is 10.4 Å². The molecule has 0 heterocycles. The molecule has 20 heavy (non-hydrogen) atoms. The minimum atomic E-state index is -0.945. The van der Waals surface area contributed by atoms with Crippen molar-refractivity contribution in [1.82, 2.24) is 4.90 Å². The van der Waals surface area contributed by atoms with Crippen molar-refractivity contribution in [3.05, 3.63) is 55.1 Å². The lowest BCUT2D eigenvalue weighted by atomic mass is 10.2. The van der Waals surface area contributed by atoms with Crippen molar-refractivity contribution in [1.29, 1.82) is 0 Å². The molecule has 0 aliphatic carbocycles. The minimum absolute atomic E-state index is 0.242. The van der Waals surface area contributed by atoms with Gasteiger partial charge in [0.15, 0.2) is 0 Å². The van der Waals surface area contributed by atoms with Crippen molar-refractivity contribution >= 4 is 24.7 Å². The van der Waals surface area contributed by atoms with Gasteiger partial charge in [0.1, 0.15) is 0 Å². The molecule has 1 aromatic rings. The fraction of sp³-hybridized carbons (Fsp3) is 0.143. The first-order valence-electron chi connectivity index (χ1n) is 5.65. The molecule has 0 aromatic heterocycles. The van der Waals surface area contributed by atoms with E-state index in [2.05, 4.69) is 25.8 Å². The maximum Gasteiger partial charge on any atom is 0.407 e. The van der Waals surface area contributed by atoms with Crippen LogP contribution in [0.3, 0.4) is 0 Å². The Morgan fingerprint density at radius 1 is 1.15 bits per heavy atom. The number of aromatic carboxylic acids is 1. The van der Waals surface area contributed by atoms with Crippen molar-refractivity contribution in [2.24, 2.45) is 0 Å². The van der Waals surface area contributed by atoms with Crippen LogP contribution in [0.15, 0.2) is 54.5 Å². The highest BCUT2D eigenvalue weighted by Gasteiger charge is 2.05. The van der Waals surface area contributed by atoms with E-state index in [1.807, 2.05) is 0 Å². The van der Waals surface area contributed by atoms with Crippen molar-refractivity contribution < 1.29 is 19.8 Å². The summed E-state index contributed by atoms with van der Waals surface area (Å²) < 4.78 is 0. The van der Waals surface area contributed by atoms with Gasteiger partial charge in [0.05, 0.1) is 5.56 Å². The number of carbonyl (C=O) groups is 2. The Bertz CT molecular complexity index is 478. The van der Waals surface area contributed by atoms with Gasteiger partial charge in [0.2, 0.25) is 0 Å². The van der Waals surface area contributed by atoms with E-state index in [4.69, 9.17) is 10.2 Å². The second kappa shape index (κ2) is 9.69. The monoisotopic (exact) mass is 295 g/mol. The van der Waals surface area contributed by atoms with Gasteiger partial charge in [-0.2, -0.15) is 0 Å². The molecule has 1 amide bonds. The lowest BCUT2D eigenvalue weighted by Gasteiger charge is -2.13. The molecule has 0 aliphatic rings. The van der Waals surface area contributed by atoms with Gasteiger partial charge in [-0.1, -0.05) is 24.3 Å². The third-order valence-electron chi connectivity index (χ3n) is 2.10. The molecule has 0 aliphatic heterocycles. The molecule has 0 unspecified atom stereocenters. The third-order valence-corrected chi connectivity index (χ3v) is 2.49. The fourth-order valence-corrected chi connectivity index (χ4v) is 1.45. The average molecular weight is 295 g/mol. The molecule has 0 saturated heterocycles. The first kappa shape index (κ1) is 17.8. The van der Waals surface area contributed by atoms with Gasteiger partial charge < -0.3 is 15.1 Å². The molecular weight excluding hydrogens is 278 g/mol. The largest absolute Gasteiger partial charge is 0.478 e. The lowest BCUT2D eigenvalue weighted by Crippen LogP contribution is -2.29. The zero-order valence-corrected chi connectivity index (χ0v) is 11.8. The van der Waals surface area contributed by atoms with E-state index >= 15 is 0 Å². The topological polar surface area (TPSA) is 77.8 Å². The molecule has 1 rings (SSSR count). The summed E-state index contributed by atoms with van der Waals surface area (Å²) in [5.74, 6) is -0.939. The van der Waals surface area contributed by atoms with Crippen LogP contribution in [0.25, 0.3) is 0 Å². The highest BCUT2D eigenvalue weighted by atomic mass is 32.1. The SMILES string of the molecule is C=CCN(CC=C)C(=O)O.O=C(O)c1ccccc1S. The molecular formula is C14H17NO4S. The highest BCUT2D eigenvalue weighted by Crippen LogP contribution is 2.11. The summed E-state index contributed by atoms with van der Waals surface area (Å²) in [6, 6.07) is 6.58. The van der Waals surface area contributed by atoms with Crippen LogP contribution >= 0.6 is 12.6 Å². The normalized spacial score (nSPS) is 8.85. The van der Waals surface area contributed by atoms with Gasteiger partial charge in [-0.25, -0.2) is 9.59 Å². The highest BCUT2D eigenvalue weighted by molar-refractivity contribution is 7.80. The van der Waals surface area contributed by atoms with Crippen LogP contribution in [0.2, 0.25) is 0 Å². The summed E-state index contributed by atoms with van der Waals surface area (Å²) >= 11 is 3.96. The zero-order valence-electron chi connectivity index (χ0n) is 10.9. The Kier molecular flexibility index (Phi) is 8.61. The maximum atomic E-state index is 10.4. The first-order valence-corrected chi connectivity index (χ1v) is 6.09. The number of amides is 1. The van der Waals surface area contributed by atoms with Crippen molar-refractivity contribution in [2.45, 2.75) is 4.90 Å². The Morgan fingerprint density at radius 2 is 1.65 bits per heavy atom. The van der Waals surface area contributed by atoms with Gasteiger partial charge in [0.25, 0.3) is 0 Å². The first-order chi connectivity index (χ1) is 9.43. The van der Waals surface area contributed by atoms with Crippen molar-refractivity contribution in [2.75, 3.05) is 13.1 Å². The van der Waals surface area contributed by atoms with Gasteiger partial charge in [-0.15, -0.1) is 25.8 Å². The maximum absolute atomic E-state index is 10.4. The van der Waals surface area contributed by atoms with Gasteiger partial charge >= 0.3 is 12.1 Å². The molecule has 5 nitrogen and oxygen atoms in total. The van der Waals surface area contributed by atoms with Crippen LogP contribution in [0, 0.1) is 0 Å². The van der Waals surface area contributed by atoms with E-state index in [0.717, 1.165) is 0 Å². The van der Waals surface area contributed by atoms with E-state index in [9.17, 15) is 9.59 Å². The quantitative estimate of drug-likeness (QED) is 0.576. The number of hydrogen-bond donors (Lipinski definition) is 3. The van der Waals surface area contributed by atoms with E-state index < -0.39 is 12.1 Å². The summed E-state index contributed by atoms with van der Waals surface area (Å²) in [6.45, 7) is 7.55. The number of thiol groups is 1. The number of nitrogens with zero attached hydrogens (tertiary/aromatic N) is 1. The Morgan fingerprint density at radius 3 is 1.95 bits per heavy atom. The van der Waals surface area contributed by atoms with Crippen molar-refractivity contribution in [3.8, 4) is 0 Å². The summed E-state index contributed by atoms with van der Waals surface area (Å²) in [5.41, 5.74) is 0.242. The van der Waals surface area contributed by atoms with Crippen LogP contribution in [-0.4, -0.2) is 40.3 Å². The second-order valence-electron chi connectivity index (χ2n) is 3.59. The smallest absolute Gasteiger partial charge is 0.407 e. The molecule has 0 fully saturated rings. The fourth-order valence-electron chi connectivity index (χ4n) is 1.20. The molecule has 6 heteroatoms. The van der Waals surface area contributed by atoms with Gasteiger partial charge in [-0.05, 0) is 12.1 Å². The van der Waals surface area contributed by atoms with Crippen LogP contribution in [0.4, 0.5) is 4.79 Å². The van der Waals surface area contributed by atoms with Crippen LogP contribution in [-0.2, 0) is 0 Å². The average Bonchev–Trinajstić information content (AvgIpc) is 2.39. The molecule has 108 valence electrons. The molecule has 2 N–H and O–H groups in total. The molecule has 1 aromatic carbocycles. The van der Waals surface area contributed by atoms with Gasteiger partial charge in [-0.3, -0.25) is 0 Å². The summed E-state index contributed by atoms with van der Waals surface area (Å²) in [5, 5.41) is 17.0. The van der Waals surface area contributed by atoms with Crippen LogP contribution in [0.5, 0.6) is 0 Å². The summed E-state index contributed by atoms with van der Waals surface area (Å²) in [6.07, 6.45) is 2.13. The van der Waals surface area contributed by atoms with E-state index in [1.54, 1.807) is 18.2 Å². The molecule has 0 spiro atoms. The Balaban J connectivity index is 0.000000361. The van der Waals surface area contributed by atoms with Crippen molar-refractivity contribution in [3.63, 3.8) is 0 Å². The predicted molar refractivity (Wildman–Crippen MR) is 80.6 cm³/mol. The number of carboxylic acid groups (broad SMARTS) is 2. The Labute approximate surface area is 123 Å². The molecule has 0 atom stereocenters. The van der Waals surface area contributed by atoms with Gasteiger partial charge in [0, 0.05) is 18.0 Å².